The van der Waals surface area contributed by atoms with E-state index in [1.54, 1.807) is 25.2 Å². The number of carbonyl (C=O) groups excluding carboxylic acids is 1. The van der Waals surface area contributed by atoms with Gasteiger partial charge in [-0.1, -0.05) is 0 Å². The highest BCUT2D eigenvalue weighted by molar-refractivity contribution is 6.11. The third kappa shape index (κ3) is 2.99. The molecule has 1 aromatic carbocycles. The molecule has 0 radical (unpaired) electrons. The Kier molecular flexibility index (Phi) is 4.47. The summed E-state index contributed by atoms with van der Waals surface area (Å²) >= 11 is 0. The summed E-state index contributed by atoms with van der Waals surface area (Å²) in [6.07, 6.45) is 1.47. The molecule has 2 aromatic rings. The predicted molar refractivity (Wildman–Crippen MR) is 79.8 cm³/mol. The van der Waals surface area contributed by atoms with E-state index in [0.29, 0.717) is 41.7 Å². The number of nitrogen functional groups attached to an aromatic ring is 1. The van der Waals surface area contributed by atoms with Crippen molar-refractivity contribution >= 4 is 11.6 Å². The molecular formula is C15H19N3O3. The first-order valence-electron chi connectivity index (χ1n) is 6.80. The van der Waals surface area contributed by atoms with Crippen molar-refractivity contribution in [2.75, 3.05) is 18.9 Å². The van der Waals surface area contributed by atoms with Gasteiger partial charge >= 0.3 is 0 Å². The molecule has 0 aliphatic heterocycles. The zero-order chi connectivity index (χ0) is 15.4. The number of nitrogens with two attached hydrogens (primary N) is 1. The Morgan fingerprint density at radius 3 is 2.48 bits per heavy atom. The van der Waals surface area contributed by atoms with Gasteiger partial charge in [-0.2, -0.15) is 5.10 Å². The number of ketones is 1. The van der Waals surface area contributed by atoms with E-state index in [9.17, 15) is 4.79 Å². The summed E-state index contributed by atoms with van der Waals surface area (Å²) < 4.78 is 12.5. The number of carbonyl (C=O) groups is 1. The molecule has 0 fully saturated rings. The van der Waals surface area contributed by atoms with Crippen LogP contribution in [0.5, 0.6) is 11.5 Å². The Morgan fingerprint density at radius 1 is 1.24 bits per heavy atom. The molecule has 21 heavy (non-hydrogen) atoms. The molecule has 112 valence electrons. The molecule has 0 saturated heterocycles. The number of anilines is 1. The number of aromatic nitrogens is 2. The van der Waals surface area contributed by atoms with Crippen molar-refractivity contribution in [1.29, 1.82) is 0 Å². The minimum absolute atomic E-state index is 0.190. The fourth-order valence-corrected chi connectivity index (χ4v) is 1.97. The number of rotatable bonds is 6. The maximum Gasteiger partial charge on any atom is 0.198 e. The zero-order valence-electron chi connectivity index (χ0n) is 12.4. The van der Waals surface area contributed by atoms with Gasteiger partial charge in [0, 0.05) is 12.6 Å². The fraction of sp³-hybridized carbons (Fsp3) is 0.333. The van der Waals surface area contributed by atoms with Crippen LogP contribution in [0, 0.1) is 0 Å². The summed E-state index contributed by atoms with van der Waals surface area (Å²) in [5, 5.41) is 3.98. The van der Waals surface area contributed by atoms with Gasteiger partial charge in [0.1, 0.15) is 5.82 Å². The normalized spacial score (nSPS) is 10.4. The maximum absolute atomic E-state index is 12.5. The average molecular weight is 289 g/mol. The molecule has 0 unspecified atom stereocenters. The van der Waals surface area contributed by atoms with Crippen molar-refractivity contribution < 1.29 is 14.3 Å². The SMILES string of the molecule is CCOc1ccc(C(=O)c2cnn(C)c2N)cc1OCC. The predicted octanol–water partition coefficient (Wildman–Crippen LogP) is 2.03. The van der Waals surface area contributed by atoms with Gasteiger partial charge in [0.15, 0.2) is 17.3 Å². The summed E-state index contributed by atoms with van der Waals surface area (Å²) in [5.74, 6) is 1.32. The third-order valence-corrected chi connectivity index (χ3v) is 3.03. The molecule has 1 aromatic heterocycles. The van der Waals surface area contributed by atoms with Gasteiger partial charge in [0.25, 0.3) is 0 Å². The van der Waals surface area contributed by atoms with Crippen LogP contribution in [0.4, 0.5) is 5.82 Å². The molecule has 0 spiro atoms. The van der Waals surface area contributed by atoms with Crippen LogP contribution in [-0.2, 0) is 7.05 Å². The van der Waals surface area contributed by atoms with Gasteiger partial charge in [0.05, 0.1) is 25.0 Å². The number of benzene rings is 1. The van der Waals surface area contributed by atoms with E-state index >= 15 is 0 Å². The number of hydrogen-bond donors (Lipinski definition) is 1. The maximum atomic E-state index is 12.5. The molecule has 0 aliphatic rings. The van der Waals surface area contributed by atoms with Crippen LogP contribution in [0.15, 0.2) is 24.4 Å². The van der Waals surface area contributed by atoms with Crippen molar-refractivity contribution in [3.05, 3.63) is 35.5 Å². The third-order valence-electron chi connectivity index (χ3n) is 3.03. The molecule has 0 bridgehead atoms. The van der Waals surface area contributed by atoms with Gasteiger partial charge in [0.2, 0.25) is 0 Å². The lowest BCUT2D eigenvalue weighted by atomic mass is 10.1. The highest BCUT2D eigenvalue weighted by atomic mass is 16.5. The van der Waals surface area contributed by atoms with Crippen LogP contribution < -0.4 is 15.2 Å². The Labute approximate surface area is 123 Å². The topological polar surface area (TPSA) is 79.4 Å². The van der Waals surface area contributed by atoms with E-state index in [-0.39, 0.29) is 5.78 Å². The summed E-state index contributed by atoms with van der Waals surface area (Å²) in [6, 6.07) is 5.10. The minimum Gasteiger partial charge on any atom is -0.490 e. The van der Waals surface area contributed by atoms with E-state index < -0.39 is 0 Å². The van der Waals surface area contributed by atoms with Gasteiger partial charge in [-0.25, -0.2) is 0 Å². The van der Waals surface area contributed by atoms with E-state index in [1.165, 1.54) is 10.9 Å². The summed E-state index contributed by atoms with van der Waals surface area (Å²) in [6.45, 7) is 4.80. The largest absolute Gasteiger partial charge is 0.490 e. The highest BCUT2D eigenvalue weighted by Gasteiger charge is 2.18. The Balaban J connectivity index is 2.37. The lowest BCUT2D eigenvalue weighted by Gasteiger charge is -2.12. The summed E-state index contributed by atoms with van der Waals surface area (Å²) in [5.41, 5.74) is 6.71. The molecule has 0 atom stereocenters. The van der Waals surface area contributed by atoms with Gasteiger partial charge in [-0.15, -0.1) is 0 Å². The Bertz CT molecular complexity index is 650. The minimum atomic E-state index is -0.190. The first kappa shape index (κ1) is 14.9. The van der Waals surface area contributed by atoms with Crippen molar-refractivity contribution in [3.8, 4) is 11.5 Å². The van der Waals surface area contributed by atoms with Gasteiger partial charge in [-0.3, -0.25) is 9.48 Å². The van der Waals surface area contributed by atoms with Crippen molar-refractivity contribution in [3.63, 3.8) is 0 Å². The fourth-order valence-electron chi connectivity index (χ4n) is 1.97. The zero-order valence-corrected chi connectivity index (χ0v) is 12.4. The molecular weight excluding hydrogens is 270 g/mol. The molecule has 6 nitrogen and oxygen atoms in total. The van der Waals surface area contributed by atoms with E-state index in [0.717, 1.165) is 0 Å². The van der Waals surface area contributed by atoms with Crippen molar-refractivity contribution in [2.24, 2.45) is 7.05 Å². The first-order chi connectivity index (χ1) is 10.1. The van der Waals surface area contributed by atoms with Crippen molar-refractivity contribution in [1.82, 2.24) is 9.78 Å². The molecule has 0 saturated carbocycles. The van der Waals surface area contributed by atoms with Gasteiger partial charge in [-0.05, 0) is 32.0 Å². The standard InChI is InChI=1S/C15H19N3O3/c1-4-20-12-7-6-10(8-13(12)21-5-2)14(19)11-9-17-18(3)15(11)16/h6-9H,4-5,16H2,1-3H3. The van der Waals surface area contributed by atoms with Crippen LogP contribution in [0.1, 0.15) is 29.8 Å². The highest BCUT2D eigenvalue weighted by Crippen LogP contribution is 2.30. The van der Waals surface area contributed by atoms with E-state index in [4.69, 9.17) is 15.2 Å². The number of nitrogens with zero attached hydrogens (tertiary/aromatic N) is 2. The lowest BCUT2D eigenvalue weighted by Crippen LogP contribution is -2.07. The second-order valence-corrected chi connectivity index (χ2v) is 4.42. The molecule has 2 rings (SSSR count). The Hall–Kier alpha value is -2.50. The molecule has 1 heterocycles. The first-order valence-corrected chi connectivity index (χ1v) is 6.80. The molecule has 2 N–H and O–H groups in total. The van der Waals surface area contributed by atoms with Crippen LogP contribution in [0.2, 0.25) is 0 Å². The quantitative estimate of drug-likeness (QED) is 0.823. The average Bonchev–Trinajstić information content (AvgIpc) is 2.81. The second kappa shape index (κ2) is 6.30. The Morgan fingerprint density at radius 2 is 1.90 bits per heavy atom. The smallest absolute Gasteiger partial charge is 0.198 e. The molecule has 0 aliphatic carbocycles. The monoisotopic (exact) mass is 289 g/mol. The van der Waals surface area contributed by atoms with Crippen LogP contribution >= 0.6 is 0 Å². The van der Waals surface area contributed by atoms with E-state index in [1.807, 2.05) is 13.8 Å². The number of aryl methyl sites for hydroxylation is 1. The summed E-state index contributed by atoms with van der Waals surface area (Å²) in [4.78, 5) is 12.5. The lowest BCUT2D eigenvalue weighted by molar-refractivity contribution is 0.103. The second-order valence-electron chi connectivity index (χ2n) is 4.42. The molecule has 0 amide bonds. The number of ether oxygens (including phenoxy) is 2. The van der Waals surface area contributed by atoms with E-state index in [2.05, 4.69) is 5.10 Å². The summed E-state index contributed by atoms with van der Waals surface area (Å²) in [7, 11) is 1.69. The number of hydrogen-bond acceptors (Lipinski definition) is 5. The van der Waals surface area contributed by atoms with Crippen molar-refractivity contribution in [2.45, 2.75) is 13.8 Å². The molecule has 6 heteroatoms. The van der Waals surface area contributed by atoms with Crippen LogP contribution in [-0.4, -0.2) is 28.8 Å². The van der Waals surface area contributed by atoms with Crippen LogP contribution in [0.25, 0.3) is 0 Å². The van der Waals surface area contributed by atoms with Gasteiger partial charge < -0.3 is 15.2 Å². The van der Waals surface area contributed by atoms with Crippen LogP contribution in [0.3, 0.4) is 0 Å².